The maximum atomic E-state index is 12.4. The summed E-state index contributed by atoms with van der Waals surface area (Å²) in [7, 11) is 1.84. The summed E-state index contributed by atoms with van der Waals surface area (Å²) in [6.45, 7) is 6.09. The van der Waals surface area contributed by atoms with Crippen molar-refractivity contribution in [2.75, 3.05) is 25.5 Å². The van der Waals surface area contributed by atoms with Gasteiger partial charge in [-0.3, -0.25) is 9.78 Å². The van der Waals surface area contributed by atoms with Crippen molar-refractivity contribution >= 4 is 11.6 Å². The molecule has 4 heteroatoms. The van der Waals surface area contributed by atoms with E-state index in [-0.39, 0.29) is 5.91 Å². The molecule has 18 heavy (non-hydrogen) atoms. The van der Waals surface area contributed by atoms with E-state index in [2.05, 4.69) is 24.1 Å². The van der Waals surface area contributed by atoms with Crippen LogP contribution in [0.15, 0.2) is 18.3 Å². The van der Waals surface area contributed by atoms with Gasteiger partial charge < -0.3 is 10.2 Å². The summed E-state index contributed by atoms with van der Waals surface area (Å²) in [6, 6.07) is 3.67. The van der Waals surface area contributed by atoms with Crippen LogP contribution in [-0.4, -0.2) is 35.9 Å². The molecule has 4 nitrogen and oxygen atoms in total. The van der Waals surface area contributed by atoms with Crippen LogP contribution in [0.5, 0.6) is 0 Å². The second-order valence-corrected chi connectivity index (χ2v) is 5.34. The summed E-state index contributed by atoms with van der Waals surface area (Å²) >= 11 is 0. The Hall–Kier alpha value is -1.58. The van der Waals surface area contributed by atoms with Crippen molar-refractivity contribution in [1.82, 2.24) is 9.88 Å². The Morgan fingerprint density at radius 3 is 2.67 bits per heavy atom. The van der Waals surface area contributed by atoms with Crippen molar-refractivity contribution in [2.24, 2.45) is 11.8 Å². The van der Waals surface area contributed by atoms with Gasteiger partial charge in [0.05, 0.1) is 0 Å². The number of carbonyl (C=O) groups excluding carboxylic acids is 1. The Kier molecular flexibility index (Phi) is 3.84. The molecule has 1 aliphatic rings. The van der Waals surface area contributed by atoms with E-state index >= 15 is 0 Å². The minimum atomic E-state index is 0.0468. The Labute approximate surface area is 108 Å². The number of hydrogen-bond acceptors (Lipinski definition) is 3. The lowest BCUT2D eigenvalue weighted by Gasteiger charge is -2.34. The SMILES string of the molecule is CNc1ccnc(C(=O)N2CC(C)CC(C)C2)c1. The van der Waals surface area contributed by atoms with Crippen molar-refractivity contribution in [3.63, 3.8) is 0 Å². The second-order valence-electron chi connectivity index (χ2n) is 5.34. The Bertz CT molecular complexity index is 423. The number of piperidine rings is 1. The fourth-order valence-electron chi connectivity index (χ4n) is 2.69. The maximum absolute atomic E-state index is 12.4. The highest BCUT2D eigenvalue weighted by molar-refractivity contribution is 5.93. The topological polar surface area (TPSA) is 45.2 Å². The average Bonchev–Trinajstić information content (AvgIpc) is 2.37. The zero-order chi connectivity index (χ0) is 13.1. The van der Waals surface area contributed by atoms with Crippen LogP contribution < -0.4 is 5.32 Å². The summed E-state index contributed by atoms with van der Waals surface area (Å²) < 4.78 is 0. The summed E-state index contributed by atoms with van der Waals surface area (Å²) in [5.41, 5.74) is 1.45. The molecule has 0 bridgehead atoms. The van der Waals surface area contributed by atoms with Gasteiger partial charge in [-0.15, -0.1) is 0 Å². The maximum Gasteiger partial charge on any atom is 0.272 e. The largest absolute Gasteiger partial charge is 0.388 e. The molecule has 0 aromatic carbocycles. The molecule has 2 unspecified atom stereocenters. The molecular weight excluding hydrogens is 226 g/mol. The molecule has 1 N–H and O–H groups in total. The number of aromatic nitrogens is 1. The van der Waals surface area contributed by atoms with Gasteiger partial charge in [-0.05, 0) is 30.4 Å². The minimum absolute atomic E-state index is 0.0468. The van der Waals surface area contributed by atoms with Crippen LogP contribution in [0.1, 0.15) is 30.8 Å². The highest BCUT2D eigenvalue weighted by Gasteiger charge is 2.26. The predicted molar refractivity (Wildman–Crippen MR) is 72.6 cm³/mol. The number of pyridine rings is 1. The van der Waals surface area contributed by atoms with Gasteiger partial charge in [0.1, 0.15) is 5.69 Å². The van der Waals surface area contributed by atoms with Gasteiger partial charge >= 0.3 is 0 Å². The summed E-state index contributed by atoms with van der Waals surface area (Å²) in [6.07, 6.45) is 2.88. The molecule has 1 aliphatic heterocycles. The molecular formula is C14H21N3O. The lowest BCUT2D eigenvalue weighted by atomic mass is 9.92. The second kappa shape index (κ2) is 5.38. The monoisotopic (exact) mass is 247 g/mol. The summed E-state index contributed by atoms with van der Waals surface area (Å²) in [5, 5.41) is 3.03. The van der Waals surface area contributed by atoms with Gasteiger partial charge in [-0.2, -0.15) is 0 Å². The number of nitrogens with one attached hydrogen (secondary N) is 1. The molecule has 1 fully saturated rings. The van der Waals surface area contributed by atoms with Crippen molar-refractivity contribution in [2.45, 2.75) is 20.3 Å². The predicted octanol–water partition coefficient (Wildman–Crippen LogP) is 2.24. The molecule has 1 aromatic heterocycles. The van der Waals surface area contributed by atoms with Crippen molar-refractivity contribution in [3.8, 4) is 0 Å². The molecule has 0 aliphatic carbocycles. The quantitative estimate of drug-likeness (QED) is 0.871. The van der Waals surface area contributed by atoms with Crippen LogP contribution in [0.25, 0.3) is 0 Å². The first-order valence-electron chi connectivity index (χ1n) is 6.53. The van der Waals surface area contributed by atoms with E-state index in [1.165, 1.54) is 6.42 Å². The molecule has 2 atom stereocenters. The molecule has 98 valence electrons. The smallest absolute Gasteiger partial charge is 0.272 e. The fraction of sp³-hybridized carbons (Fsp3) is 0.571. The number of likely N-dealkylation sites (tertiary alicyclic amines) is 1. The third-order valence-electron chi connectivity index (χ3n) is 3.42. The minimum Gasteiger partial charge on any atom is -0.388 e. The van der Waals surface area contributed by atoms with Gasteiger partial charge in [0, 0.05) is 32.0 Å². The third-order valence-corrected chi connectivity index (χ3v) is 3.42. The van der Waals surface area contributed by atoms with Gasteiger partial charge in [0.15, 0.2) is 0 Å². The van der Waals surface area contributed by atoms with Crippen molar-refractivity contribution in [3.05, 3.63) is 24.0 Å². The van der Waals surface area contributed by atoms with E-state index < -0.39 is 0 Å². The highest BCUT2D eigenvalue weighted by Crippen LogP contribution is 2.22. The first-order valence-corrected chi connectivity index (χ1v) is 6.53. The van der Waals surface area contributed by atoms with E-state index in [1.54, 1.807) is 6.20 Å². The number of hydrogen-bond donors (Lipinski definition) is 1. The number of nitrogens with zero attached hydrogens (tertiary/aromatic N) is 2. The van der Waals surface area contributed by atoms with Crippen LogP contribution in [0.3, 0.4) is 0 Å². The van der Waals surface area contributed by atoms with Crippen LogP contribution in [0, 0.1) is 11.8 Å². The molecule has 2 rings (SSSR count). The first-order chi connectivity index (χ1) is 8.60. The number of anilines is 1. The average molecular weight is 247 g/mol. The van der Waals surface area contributed by atoms with E-state index in [1.807, 2.05) is 24.1 Å². The van der Waals surface area contributed by atoms with Crippen LogP contribution in [-0.2, 0) is 0 Å². The van der Waals surface area contributed by atoms with Crippen LogP contribution in [0.2, 0.25) is 0 Å². The molecule has 1 saturated heterocycles. The first kappa shape index (κ1) is 12.9. The van der Waals surface area contributed by atoms with Gasteiger partial charge in [0.2, 0.25) is 0 Å². The van der Waals surface area contributed by atoms with E-state index in [0.717, 1.165) is 18.8 Å². The third kappa shape index (κ3) is 2.81. The normalized spacial score (nSPS) is 23.8. The van der Waals surface area contributed by atoms with Gasteiger partial charge in [-0.1, -0.05) is 13.8 Å². The summed E-state index contributed by atoms with van der Waals surface area (Å²) in [4.78, 5) is 18.5. The number of amides is 1. The number of carbonyl (C=O) groups is 1. The zero-order valence-electron chi connectivity index (χ0n) is 11.3. The van der Waals surface area contributed by atoms with E-state index in [4.69, 9.17) is 0 Å². The Morgan fingerprint density at radius 1 is 1.39 bits per heavy atom. The fourth-order valence-corrected chi connectivity index (χ4v) is 2.69. The Morgan fingerprint density at radius 2 is 2.06 bits per heavy atom. The molecule has 1 amide bonds. The van der Waals surface area contributed by atoms with Crippen molar-refractivity contribution in [1.29, 1.82) is 0 Å². The zero-order valence-corrected chi connectivity index (χ0v) is 11.3. The lowest BCUT2D eigenvalue weighted by molar-refractivity contribution is 0.0617. The van der Waals surface area contributed by atoms with E-state index in [0.29, 0.717) is 17.5 Å². The molecule has 0 radical (unpaired) electrons. The van der Waals surface area contributed by atoms with Gasteiger partial charge in [-0.25, -0.2) is 0 Å². The van der Waals surface area contributed by atoms with Crippen LogP contribution >= 0.6 is 0 Å². The highest BCUT2D eigenvalue weighted by atomic mass is 16.2. The Balaban J connectivity index is 2.14. The van der Waals surface area contributed by atoms with Gasteiger partial charge in [0.25, 0.3) is 5.91 Å². The number of rotatable bonds is 2. The molecule has 2 heterocycles. The molecule has 1 aromatic rings. The van der Waals surface area contributed by atoms with Crippen LogP contribution in [0.4, 0.5) is 5.69 Å². The molecule has 0 spiro atoms. The van der Waals surface area contributed by atoms with E-state index in [9.17, 15) is 4.79 Å². The summed E-state index contributed by atoms with van der Waals surface area (Å²) in [5.74, 6) is 1.20. The lowest BCUT2D eigenvalue weighted by Crippen LogP contribution is -2.42. The van der Waals surface area contributed by atoms with Crippen molar-refractivity contribution < 1.29 is 4.79 Å². The molecule has 0 saturated carbocycles. The standard InChI is InChI=1S/C14H21N3O/c1-10-6-11(2)9-17(8-10)14(18)13-7-12(15-3)4-5-16-13/h4-5,7,10-11H,6,8-9H2,1-3H3,(H,15,16).